The van der Waals surface area contributed by atoms with E-state index in [1.165, 1.54) is 11.4 Å². The topological polar surface area (TPSA) is 132 Å². The van der Waals surface area contributed by atoms with Gasteiger partial charge in [0.15, 0.2) is 0 Å². The Balaban J connectivity index is 0.000000266. The number of carbonyl (C=O) groups is 1. The van der Waals surface area contributed by atoms with Crippen LogP contribution in [0.5, 0.6) is 0 Å². The number of nitrogens with zero attached hydrogens (tertiary/aromatic N) is 5. The fraction of sp³-hybridized carbons (Fsp3) is 0.759. The minimum atomic E-state index is -1.15. The van der Waals surface area contributed by atoms with E-state index >= 15 is 0 Å². The summed E-state index contributed by atoms with van der Waals surface area (Å²) in [4.78, 5) is 14.2. The highest BCUT2D eigenvalue weighted by Gasteiger charge is 2.51. The van der Waals surface area contributed by atoms with Gasteiger partial charge >= 0.3 is 6.09 Å². The van der Waals surface area contributed by atoms with Crippen molar-refractivity contribution in [2.24, 2.45) is 5.73 Å². The summed E-state index contributed by atoms with van der Waals surface area (Å²) in [7, 11) is -1.15. The van der Waals surface area contributed by atoms with Crippen molar-refractivity contribution in [3.05, 3.63) is 35.9 Å². The van der Waals surface area contributed by atoms with E-state index in [9.17, 15) is 9.00 Å². The van der Waals surface area contributed by atoms with Gasteiger partial charge in [-0.3, -0.25) is 9.36 Å². The highest BCUT2D eigenvalue weighted by atomic mass is 35.5. The molecule has 11 nitrogen and oxygen atoms in total. The summed E-state index contributed by atoms with van der Waals surface area (Å²) in [5.74, 6) is 0. The number of piperidine rings is 2. The fourth-order valence-corrected chi connectivity index (χ4v) is 7.77. The number of amides is 1. The molecule has 244 valence electrons. The average Bonchev–Trinajstić information content (AvgIpc) is 3.66. The standard InChI is InChI=1S/C19H32N4O3S.C10H16N4.2ClH/c1-17(2,3)26-16(24)22-11-8-19(9-12-22)14(21-27(25)18(4,5)6)13-23-15(19)7-10-20-23;11-8-7-14-9(1-4-13-14)10(8)2-5-12-6-3-10;;/h7,10,14,21H,8-9,11-13H2,1-6H3;1,4,8,12H,2-3,5-7,11H2;2*1H/t14-,27-;8-;;/m11../s1. The van der Waals surface area contributed by atoms with Crippen molar-refractivity contribution in [3.63, 3.8) is 0 Å². The Morgan fingerprint density at radius 3 is 2.02 bits per heavy atom. The maximum Gasteiger partial charge on any atom is 0.410 e. The molecule has 3 atom stereocenters. The molecule has 2 spiro atoms. The summed E-state index contributed by atoms with van der Waals surface area (Å²) in [6.45, 7) is 16.6. The van der Waals surface area contributed by atoms with E-state index in [2.05, 4.69) is 37.1 Å². The number of aromatic nitrogens is 4. The average molecular weight is 662 g/mol. The number of nitrogens with two attached hydrogens (primary N) is 1. The normalized spacial score (nSPS) is 24.2. The van der Waals surface area contributed by atoms with Crippen LogP contribution < -0.4 is 15.8 Å². The molecule has 6 rings (SSSR count). The lowest BCUT2D eigenvalue weighted by Crippen LogP contribution is -2.55. The van der Waals surface area contributed by atoms with E-state index < -0.39 is 16.6 Å². The quantitative estimate of drug-likeness (QED) is 0.450. The van der Waals surface area contributed by atoms with Gasteiger partial charge in [0.2, 0.25) is 0 Å². The molecular formula is C29H50Cl2N8O3S. The zero-order chi connectivity index (χ0) is 29.6. The van der Waals surface area contributed by atoms with Crippen LogP contribution >= 0.6 is 24.8 Å². The summed E-state index contributed by atoms with van der Waals surface area (Å²) in [5, 5.41) is 12.1. The summed E-state index contributed by atoms with van der Waals surface area (Å²) in [6, 6.07) is 4.50. The molecule has 2 saturated heterocycles. The molecule has 0 unspecified atom stereocenters. The molecule has 6 heterocycles. The third kappa shape index (κ3) is 7.09. The van der Waals surface area contributed by atoms with Crippen molar-refractivity contribution in [2.45, 2.75) is 114 Å². The summed E-state index contributed by atoms with van der Waals surface area (Å²) >= 11 is 0. The lowest BCUT2D eigenvalue weighted by atomic mass is 9.72. The number of likely N-dealkylation sites (tertiary alicyclic amines) is 1. The van der Waals surface area contributed by atoms with Crippen molar-refractivity contribution < 1.29 is 13.7 Å². The van der Waals surface area contributed by atoms with Crippen LogP contribution in [0.1, 0.15) is 78.6 Å². The number of hydrogen-bond acceptors (Lipinski definition) is 7. The number of carbonyl (C=O) groups excluding carboxylic acids is 1. The van der Waals surface area contributed by atoms with E-state index in [1.54, 1.807) is 4.90 Å². The molecule has 1 amide bonds. The van der Waals surface area contributed by atoms with E-state index in [4.69, 9.17) is 10.5 Å². The molecule has 43 heavy (non-hydrogen) atoms. The smallest absolute Gasteiger partial charge is 0.410 e. The van der Waals surface area contributed by atoms with Crippen molar-refractivity contribution in [2.75, 3.05) is 26.2 Å². The molecule has 0 saturated carbocycles. The Morgan fingerprint density at radius 2 is 1.49 bits per heavy atom. The predicted octanol–water partition coefficient (Wildman–Crippen LogP) is 3.27. The van der Waals surface area contributed by atoms with Crippen LogP contribution in [-0.4, -0.2) is 83.4 Å². The lowest BCUT2D eigenvalue weighted by Gasteiger charge is -2.43. The van der Waals surface area contributed by atoms with Gasteiger partial charge in [-0.25, -0.2) is 13.7 Å². The second kappa shape index (κ2) is 13.3. The third-order valence-corrected chi connectivity index (χ3v) is 10.8. The highest BCUT2D eigenvalue weighted by molar-refractivity contribution is 7.84. The molecule has 0 bridgehead atoms. The van der Waals surface area contributed by atoms with Crippen LogP contribution in [0, 0.1) is 0 Å². The van der Waals surface area contributed by atoms with Gasteiger partial charge < -0.3 is 20.7 Å². The van der Waals surface area contributed by atoms with Gasteiger partial charge in [0.1, 0.15) is 5.60 Å². The van der Waals surface area contributed by atoms with E-state index in [0.29, 0.717) is 19.6 Å². The van der Waals surface area contributed by atoms with Crippen molar-refractivity contribution in [1.82, 2.24) is 34.5 Å². The number of nitrogens with one attached hydrogen (secondary N) is 2. The number of halogens is 2. The molecule has 2 aromatic heterocycles. The van der Waals surface area contributed by atoms with Crippen LogP contribution in [0.3, 0.4) is 0 Å². The molecule has 14 heteroatoms. The molecule has 4 aliphatic heterocycles. The SMILES string of the molecule is CC(C)(C)OC(=O)N1CCC2(CC1)c1ccnn1C[C@H]2N[S@](=O)C(C)(C)C.Cl.Cl.N[C@@H]1Cn2nccc2C12CCNCC2. The third-order valence-electron chi connectivity index (χ3n) is 9.16. The van der Waals surface area contributed by atoms with Gasteiger partial charge in [0, 0.05) is 53.7 Å². The fourth-order valence-electron chi connectivity index (χ4n) is 6.85. The number of rotatable bonds is 2. The predicted molar refractivity (Wildman–Crippen MR) is 174 cm³/mol. The zero-order valence-corrected chi connectivity index (χ0v) is 28.7. The van der Waals surface area contributed by atoms with Crippen LogP contribution in [0.2, 0.25) is 0 Å². The van der Waals surface area contributed by atoms with Gasteiger partial charge in [-0.1, -0.05) is 0 Å². The lowest BCUT2D eigenvalue weighted by molar-refractivity contribution is 0.0152. The Labute approximate surface area is 270 Å². The first-order valence-electron chi connectivity index (χ1n) is 14.9. The van der Waals surface area contributed by atoms with Gasteiger partial charge in [0.25, 0.3) is 0 Å². The number of ether oxygens (including phenoxy) is 1. The largest absolute Gasteiger partial charge is 0.444 e. The molecule has 4 N–H and O–H groups in total. The maximum atomic E-state index is 12.7. The summed E-state index contributed by atoms with van der Waals surface area (Å²) in [6.07, 6.45) is 7.37. The summed E-state index contributed by atoms with van der Waals surface area (Å²) < 4.78 is 25.4. The van der Waals surface area contributed by atoms with Crippen LogP contribution in [-0.2, 0) is 39.6 Å². The number of hydrogen-bond donors (Lipinski definition) is 3. The second-order valence-corrected chi connectivity index (χ2v) is 16.0. The van der Waals surface area contributed by atoms with E-state index in [-0.39, 0.29) is 58.6 Å². The van der Waals surface area contributed by atoms with E-state index in [0.717, 1.165) is 45.3 Å². The zero-order valence-electron chi connectivity index (χ0n) is 26.3. The highest BCUT2D eigenvalue weighted by Crippen LogP contribution is 2.44. The molecule has 4 aliphatic rings. The van der Waals surface area contributed by atoms with Crippen molar-refractivity contribution in [3.8, 4) is 0 Å². The minimum absolute atomic E-state index is 0. The number of fused-ring (bicyclic) bond motifs is 4. The van der Waals surface area contributed by atoms with Gasteiger partial charge in [0.05, 0.1) is 34.9 Å². The summed E-state index contributed by atoms with van der Waals surface area (Å²) in [5.41, 5.74) is 8.34. The van der Waals surface area contributed by atoms with Crippen molar-refractivity contribution in [1.29, 1.82) is 0 Å². The first kappa shape index (κ1) is 35.8. The van der Waals surface area contributed by atoms with Gasteiger partial charge in [-0.2, -0.15) is 10.2 Å². The van der Waals surface area contributed by atoms with Crippen LogP contribution in [0.4, 0.5) is 4.79 Å². The molecule has 2 aromatic rings. The second-order valence-electron chi connectivity index (χ2n) is 14.0. The Kier molecular flexibility index (Phi) is 11.1. The molecular weight excluding hydrogens is 611 g/mol. The monoisotopic (exact) mass is 660 g/mol. The van der Waals surface area contributed by atoms with Gasteiger partial charge in [-0.15, -0.1) is 24.8 Å². The van der Waals surface area contributed by atoms with Gasteiger partial charge in [-0.05, 0) is 92.4 Å². The molecule has 0 aromatic carbocycles. The Hall–Kier alpha value is -1.70. The van der Waals surface area contributed by atoms with Crippen LogP contribution in [0.25, 0.3) is 0 Å². The first-order chi connectivity index (χ1) is 19.3. The Bertz CT molecular complexity index is 1260. The van der Waals surface area contributed by atoms with Crippen LogP contribution in [0.15, 0.2) is 24.5 Å². The molecule has 0 aliphatic carbocycles. The van der Waals surface area contributed by atoms with Crippen molar-refractivity contribution >= 4 is 41.9 Å². The molecule has 0 radical (unpaired) electrons. The molecule has 2 fully saturated rings. The van der Waals surface area contributed by atoms with E-state index in [1.807, 2.05) is 58.6 Å². The first-order valence-corrected chi connectivity index (χ1v) is 16.1. The Morgan fingerprint density at radius 1 is 0.953 bits per heavy atom. The maximum absolute atomic E-state index is 12.7. The minimum Gasteiger partial charge on any atom is -0.444 e.